The van der Waals surface area contributed by atoms with E-state index in [0.29, 0.717) is 31.7 Å². The number of anilines is 1. The lowest BCUT2D eigenvalue weighted by molar-refractivity contribution is -0.137. The highest BCUT2D eigenvalue weighted by molar-refractivity contribution is 5.98. The van der Waals surface area contributed by atoms with E-state index < -0.39 is 23.2 Å². The number of carbonyl (C=O) groups excluding carboxylic acids is 3. The van der Waals surface area contributed by atoms with E-state index in [-0.39, 0.29) is 12.5 Å². The van der Waals surface area contributed by atoms with Crippen LogP contribution in [0.4, 0.5) is 10.5 Å². The maximum absolute atomic E-state index is 12.8. The maximum atomic E-state index is 12.8. The zero-order valence-corrected chi connectivity index (χ0v) is 18.1. The van der Waals surface area contributed by atoms with E-state index in [1.807, 2.05) is 0 Å². The van der Waals surface area contributed by atoms with Crippen molar-refractivity contribution >= 4 is 29.7 Å². The van der Waals surface area contributed by atoms with Crippen LogP contribution in [-0.4, -0.2) is 53.7 Å². The molecule has 1 atom stereocenters. The molecular weight excluding hydrogens is 386 g/mol. The number of hydrogen-bond donors (Lipinski definition) is 2. The summed E-state index contributed by atoms with van der Waals surface area (Å²) < 4.78 is 10.2. The smallest absolute Gasteiger partial charge is 0.410 e. The van der Waals surface area contributed by atoms with Gasteiger partial charge in [0.1, 0.15) is 11.1 Å². The lowest BCUT2D eigenvalue weighted by Crippen LogP contribution is -2.62. The van der Waals surface area contributed by atoms with Crippen LogP contribution in [0.15, 0.2) is 30.3 Å². The molecular formula is C22H31N3O5. The van der Waals surface area contributed by atoms with Crippen LogP contribution in [0.3, 0.4) is 0 Å². The maximum Gasteiger partial charge on any atom is 0.410 e. The van der Waals surface area contributed by atoms with Crippen LogP contribution >= 0.6 is 0 Å². The van der Waals surface area contributed by atoms with Crippen LogP contribution in [0.2, 0.25) is 0 Å². The van der Waals surface area contributed by atoms with Crippen LogP contribution in [0, 0.1) is 0 Å². The average Bonchev–Trinajstić information content (AvgIpc) is 2.66. The third kappa shape index (κ3) is 6.88. The molecule has 0 saturated carbocycles. The quantitative estimate of drug-likeness (QED) is 0.563. The number of likely N-dealkylation sites (tertiary alicyclic amines) is 1. The summed E-state index contributed by atoms with van der Waals surface area (Å²) in [6, 6.07) is 6.98. The van der Waals surface area contributed by atoms with E-state index in [1.54, 1.807) is 58.0 Å². The molecule has 8 nitrogen and oxygen atoms in total. The highest BCUT2D eigenvalue weighted by Crippen LogP contribution is 2.23. The molecule has 30 heavy (non-hydrogen) atoms. The van der Waals surface area contributed by atoms with Gasteiger partial charge in [-0.1, -0.05) is 12.1 Å². The first kappa shape index (κ1) is 23.4. The van der Waals surface area contributed by atoms with Gasteiger partial charge in [-0.25, -0.2) is 9.59 Å². The van der Waals surface area contributed by atoms with Gasteiger partial charge in [-0.2, -0.15) is 0 Å². The average molecular weight is 418 g/mol. The van der Waals surface area contributed by atoms with E-state index in [9.17, 15) is 14.4 Å². The Morgan fingerprint density at radius 1 is 1.23 bits per heavy atom. The SMILES string of the molecule is CCOC(=O)/C=C/c1ccc(NC(=O)C2(N)CCCN(C(=O)OC(C)(C)C)C2)cc1. The first-order valence-corrected chi connectivity index (χ1v) is 10.1. The van der Waals surface area contributed by atoms with E-state index in [2.05, 4.69) is 5.32 Å². The van der Waals surface area contributed by atoms with E-state index in [1.165, 1.54) is 11.0 Å². The molecule has 1 unspecified atom stereocenters. The first-order chi connectivity index (χ1) is 14.0. The van der Waals surface area contributed by atoms with E-state index in [4.69, 9.17) is 15.2 Å². The summed E-state index contributed by atoms with van der Waals surface area (Å²) in [6.07, 6.45) is 3.59. The van der Waals surface area contributed by atoms with E-state index in [0.717, 1.165) is 5.56 Å². The Balaban J connectivity index is 1.99. The van der Waals surface area contributed by atoms with Gasteiger partial charge in [-0.05, 0) is 64.3 Å². The number of benzene rings is 1. The van der Waals surface area contributed by atoms with E-state index >= 15 is 0 Å². The molecule has 1 aromatic carbocycles. The number of hydrogen-bond acceptors (Lipinski definition) is 6. The molecule has 1 aliphatic heterocycles. The van der Waals surface area contributed by atoms with Crippen molar-refractivity contribution in [3.05, 3.63) is 35.9 Å². The normalized spacial score (nSPS) is 19.4. The molecule has 1 heterocycles. The highest BCUT2D eigenvalue weighted by atomic mass is 16.6. The van der Waals surface area contributed by atoms with Crippen molar-refractivity contribution in [1.29, 1.82) is 0 Å². The summed E-state index contributed by atoms with van der Waals surface area (Å²) in [4.78, 5) is 38.0. The number of carbonyl (C=O) groups is 3. The second-order valence-electron chi connectivity index (χ2n) is 8.32. The zero-order chi connectivity index (χ0) is 22.4. The summed E-state index contributed by atoms with van der Waals surface area (Å²) in [5.41, 5.74) is 5.91. The van der Waals surface area contributed by atoms with Crippen molar-refractivity contribution in [2.24, 2.45) is 5.73 Å². The Morgan fingerprint density at radius 3 is 2.50 bits per heavy atom. The fraction of sp³-hybridized carbons (Fsp3) is 0.500. The molecule has 3 N–H and O–H groups in total. The molecule has 0 aromatic heterocycles. The molecule has 0 spiro atoms. The first-order valence-electron chi connectivity index (χ1n) is 10.1. The number of nitrogens with one attached hydrogen (secondary N) is 1. The van der Waals surface area contributed by atoms with Gasteiger partial charge in [0, 0.05) is 18.3 Å². The molecule has 1 fully saturated rings. The van der Waals surface area contributed by atoms with Crippen molar-refractivity contribution < 1.29 is 23.9 Å². The molecule has 0 radical (unpaired) electrons. The highest BCUT2D eigenvalue weighted by Gasteiger charge is 2.41. The van der Waals surface area contributed by atoms with Gasteiger partial charge in [0.25, 0.3) is 0 Å². The molecule has 1 aromatic rings. The Hall–Kier alpha value is -2.87. The topological polar surface area (TPSA) is 111 Å². The molecule has 1 aliphatic rings. The number of ether oxygens (including phenoxy) is 2. The zero-order valence-electron chi connectivity index (χ0n) is 18.1. The van der Waals surface area contributed by atoms with Crippen molar-refractivity contribution in [2.75, 3.05) is 25.0 Å². The number of amides is 2. The molecule has 0 bridgehead atoms. The molecule has 0 aliphatic carbocycles. The van der Waals surface area contributed by atoms with Crippen molar-refractivity contribution in [3.8, 4) is 0 Å². The van der Waals surface area contributed by atoms with Gasteiger partial charge in [-0.15, -0.1) is 0 Å². The van der Waals surface area contributed by atoms with Gasteiger partial charge < -0.3 is 25.4 Å². The standard InChI is InChI=1S/C22H31N3O5/c1-5-29-18(26)12-9-16-7-10-17(11-8-16)24-19(27)22(23)13-6-14-25(15-22)20(28)30-21(2,3)4/h7-12H,5-6,13-15,23H2,1-4H3,(H,24,27)/b12-9+. The second-order valence-corrected chi connectivity index (χ2v) is 8.32. The van der Waals surface area contributed by atoms with Crippen molar-refractivity contribution in [2.45, 2.75) is 51.7 Å². The number of nitrogens with two attached hydrogens (primary N) is 1. The number of nitrogens with zero attached hydrogens (tertiary/aromatic N) is 1. The second kappa shape index (κ2) is 9.75. The minimum atomic E-state index is -1.20. The lowest BCUT2D eigenvalue weighted by Gasteiger charge is -2.39. The minimum absolute atomic E-state index is 0.0914. The van der Waals surface area contributed by atoms with Crippen LogP contribution in [0.1, 0.15) is 46.1 Å². The summed E-state index contributed by atoms with van der Waals surface area (Å²) in [6.45, 7) is 8.04. The molecule has 8 heteroatoms. The number of esters is 1. The van der Waals surface area contributed by atoms with Gasteiger partial charge in [0.15, 0.2) is 0 Å². The minimum Gasteiger partial charge on any atom is -0.463 e. The third-order valence-electron chi connectivity index (χ3n) is 4.49. The lowest BCUT2D eigenvalue weighted by atomic mass is 9.89. The Bertz CT molecular complexity index is 798. The van der Waals surface area contributed by atoms with Crippen LogP contribution in [0.5, 0.6) is 0 Å². The van der Waals surface area contributed by atoms with Crippen molar-refractivity contribution in [3.63, 3.8) is 0 Å². The van der Waals surface area contributed by atoms with Gasteiger partial charge >= 0.3 is 12.1 Å². The predicted molar refractivity (Wildman–Crippen MR) is 115 cm³/mol. The summed E-state index contributed by atoms with van der Waals surface area (Å²) in [5, 5.41) is 2.81. The van der Waals surface area contributed by atoms with Crippen LogP contribution in [0.25, 0.3) is 6.08 Å². The fourth-order valence-corrected chi connectivity index (χ4v) is 3.04. The van der Waals surface area contributed by atoms with Gasteiger partial charge in [0.05, 0.1) is 13.2 Å². The molecule has 164 valence electrons. The third-order valence-corrected chi connectivity index (χ3v) is 4.49. The Morgan fingerprint density at radius 2 is 1.90 bits per heavy atom. The number of piperidine rings is 1. The Labute approximate surface area is 177 Å². The predicted octanol–water partition coefficient (Wildman–Crippen LogP) is 2.93. The molecule has 1 saturated heterocycles. The molecule has 2 amide bonds. The monoisotopic (exact) mass is 417 g/mol. The van der Waals surface area contributed by atoms with Crippen LogP contribution in [-0.2, 0) is 19.1 Å². The fourth-order valence-electron chi connectivity index (χ4n) is 3.04. The van der Waals surface area contributed by atoms with Crippen molar-refractivity contribution in [1.82, 2.24) is 4.90 Å². The summed E-state index contributed by atoms with van der Waals surface area (Å²) in [7, 11) is 0. The number of rotatable bonds is 5. The van der Waals surface area contributed by atoms with Crippen LogP contribution < -0.4 is 11.1 Å². The Kier molecular flexibility index (Phi) is 7.61. The molecule has 2 rings (SSSR count). The summed E-state index contributed by atoms with van der Waals surface area (Å²) in [5.74, 6) is -0.766. The van der Waals surface area contributed by atoms with Gasteiger partial charge in [-0.3, -0.25) is 4.79 Å². The summed E-state index contributed by atoms with van der Waals surface area (Å²) >= 11 is 0. The largest absolute Gasteiger partial charge is 0.463 e. The van der Waals surface area contributed by atoms with Gasteiger partial charge in [0.2, 0.25) is 5.91 Å².